The Balaban J connectivity index is 1.53. The van der Waals surface area contributed by atoms with Crippen LogP contribution >= 0.6 is 0 Å². The van der Waals surface area contributed by atoms with Crippen LogP contribution in [0.4, 0.5) is 0 Å². The predicted molar refractivity (Wildman–Crippen MR) is 60.4 cm³/mol. The Morgan fingerprint density at radius 1 is 1.43 bits per heavy atom. The van der Waals surface area contributed by atoms with Crippen molar-refractivity contribution in [2.24, 2.45) is 5.92 Å². The topological polar surface area (TPSA) is 24.1 Å². The molecule has 0 spiro atoms. The second-order valence-corrected chi connectivity index (χ2v) is 4.75. The summed E-state index contributed by atoms with van der Waals surface area (Å²) in [6.07, 6.45) is 5.82. The summed E-state index contributed by atoms with van der Waals surface area (Å²) in [5.74, 6) is 1.04. The third-order valence-corrected chi connectivity index (χ3v) is 3.62. The van der Waals surface area contributed by atoms with Crippen LogP contribution in [0.5, 0.6) is 0 Å². The van der Waals surface area contributed by atoms with Gasteiger partial charge in [-0.25, -0.2) is 0 Å². The zero-order valence-electron chi connectivity index (χ0n) is 9.23. The molecule has 2 nitrogen and oxygen atoms in total. The van der Waals surface area contributed by atoms with E-state index < -0.39 is 0 Å². The van der Waals surface area contributed by atoms with Crippen LogP contribution < -0.4 is 10.6 Å². The van der Waals surface area contributed by atoms with Gasteiger partial charge in [-0.15, -0.1) is 0 Å². The molecule has 0 atom stereocenters. The van der Waals surface area contributed by atoms with E-state index in [4.69, 9.17) is 0 Å². The summed E-state index contributed by atoms with van der Waals surface area (Å²) >= 11 is 0. The monoisotopic (exact) mass is 194 g/mol. The van der Waals surface area contributed by atoms with Crippen molar-refractivity contribution in [3.05, 3.63) is 11.1 Å². The van der Waals surface area contributed by atoms with Gasteiger partial charge in [-0.1, -0.05) is 24.8 Å². The number of hydrogen-bond donors (Lipinski definition) is 2. The summed E-state index contributed by atoms with van der Waals surface area (Å²) in [7, 11) is 0. The normalized spacial score (nSPS) is 21.6. The molecule has 0 amide bonds. The van der Waals surface area contributed by atoms with Crippen LogP contribution in [0.25, 0.3) is 0 Å². The van der Waals surface area contributed by atoms with E-state index in [1.807, 2.05) is 0 Å². The molecule has 2 N–H and O–H groups in total. The standard InChI is InChI=1S/C12H22N2/c1-10(12-8-14-9-12)7-13-6-5-11-3-2-4-11/h11,13-14H,2-9H2,1H3. The Hall–Kier alpha value is -0.340. The predicted octanol–water partition coefficient (Wildman–Crippen LogP) is 1.69. The maximum absolute atomic E-state index is 3.55. The average molecular weight is 194 g/mol. The molecule has 0 aromatic heterocycles. The third kappa shape index (κ3) is 2.58. The van der Waals surface area contributed by atoms with Crippen molar-refractivity contribution < 1.29 is 0 Å². The van der Waals surface area contributed by atoms with Gasteiger partial charge in [-0.3, -0.25) is 0 Å². The van der Waals surface area contributed by atoms with E-state index in [0.29, 0.717) is 0 Å². The van der Waals surface area contributed by atoms with Gasteiger partial charge < -0.3 is 10.6 Å². The Morgan fingerprint density at radius 3 is 2.71 bits per heavy atom. The number of hydrogen-bond acceptors (Lipinski definition) is 2. The molecule has 0 unspecified atom stereocenters. The second kappa shape index (κ2) is 4.94. The minimum Gasteiger partial charge on any atom is -0.313 e. The van der Waals surface area contributed by atoms with Crippen molar-refractivity contribution >= 4 is 0 Å². The zero-order chi connectivity index (χ0) is 9.80. The molecule has 2 heteroatoms. The molecular weight excluding hydrogens is 172 g/mol. The van der Waals surface area contributed by atoms with Crippen molar-refractivity contribution in [2.75, 3.05) is 26.2 Å². The van der Waals surface area contributed by atoms with Gasteiger partial charge in [0.25, 0.3) is 0 Å². The molecular formula is C12H22N2. The summed E-state index contributed by atoms with van der Waals surface area (Å²) in [4.78, 5) is 0. The molecule has 1 aliphatic carbocycles. The highest BCUT2D eigenvalue weighted by Gasteiger charge is 2.16. The molecule has 2 fully saturated rings. The fourth-order valence-corrected chi connectivity index (χ4v) is 2.04. The maximum atomic E-state index is 3.55. The number of rotatable bonds is 5. The fraction of sp³-hybridized carbons (Fsp3) is 0.833. The minimum absolute atomic E-state index is 1.04. The van der Waals surface area contributed by atoms with Crippen molar-refractivity contribution in [1.29, 1.82) is 0 Å². The van der Waals surface area contributed by atoms with Gasteiger partial charge in [0.1, 0.15) is 0 Å². The lowest BCUT2D eigenvalue weighted by atomic mass is 9.83. The summed E-state index contributed by atoms with van der Waals surface area (Å²) < 4.78 is 0. The average Bonchev–Trinajstić information content (AvgIpc) is 1.97. The molecule has 14 heavy (non-hydrogen) atoms. The largest absolute Gasteiger partial charge is 0.313 e. The Morgan fingerprint density at radius 2 is 2.21 bits per heavy atom. The zero-order valence-corrected chi connectivity index (χ0v) is 9.23. The van der Waals surface area contributed by atoms with Crippen molar-refractivity contribution in [2.45, 2.75) is 32.6 Å². The van der Waals surface area contributed by atoms with Gasteiger partial charge in [-0.2, -0.15) is 0 Å². The molecule has 2 aliphatic rings. The van der Waals surface area contributed by atoms with Crippen molar-refractivity contribution in [3.8, 4) is 0 Å². The quantitative estimate of drug-likeness (QED) is 0.514. The van der Waals surface area contributed by atoms with Crippen molar-refractivity contribution in [1.82, 2.24) is 10.6 Å². The van der Waals surface area contributed by atoms with Gasteiger partial charge in [-0.05, 0) is 31.4 Å². The first-order chi connectivity index (χ1) is 6.86. The third-order valence-electron chi connectivity index (χ3n) is 3.62. The Kier molecular flexibility index (Phi) is 3.60. The summed E-state index contributed by atoms with van der Waals surface area (Å²) in [5, 5.41) is 6.83. The molecule has 1 saturated heterocycles. The highest BCUT2D eigenvalue weighted by Crippen LogP contribution is 2.28. The SMILES string of the molecule is CC(CNCCC1CCC1)=C1CNC1. The first kappa shape index (κ1) is 10.2. The molecule has 1 aliphatic heterocycles. The van der Waals surface area contributed by atoms with Gasteiger partial charge in [0.2, 0.25) is 0 Å². The van der Waals surface area contributed by atoms with Crippen LogP contribution in [0.1, 0.15) is 32.6 Å². The van der Waals surface area contributed by atoms with Crippen LogP contribution in [-0.4, -0.2) is 26.2 Å². The maximum Gasteiger partial charge on any atom is 0.0183 e. The van der Waals surface area contributed by atoms with E-state index in [9.17, 15) is 0 Å². The molecule has 80 valence electrons. The van der Waals surface area contributed by atoms with E-state index in [1.54, 1.807) is 11.1 Å². The van der Waals surface area contributed by atoms with E-state index in [1.165, 1.54) is 32.2 Å². The van der Waals surface area contributed by atoms with E-state index in [0.717, 1.165) is 25.6 Å². The summed E-state index contributed by atoms with van der Waals surface area (Å²) in [6.45, 7) is 6.81. The van der Waals surface area contributed by atoms with Gasteiger partial charge in [0.05, 0.1) is 0 Å². The van der Waals surface area contributed by atoms with Crippen LogP contribution in [0.3, 0.4) is 0 Å². The van der Waals surface area contributed by atoms with E-state index >= 15 is 0 Å². The molecule has 1 saturated carbocycles. The summed E-state index contributed by atoms with van der Waals surface area (Å²) in [6, 6.07) is 0. The first-order valence-corrected chi connectivity index (χ1v) is 5.95. The lowest BCUT2D eigenvalue weighted by molar-refractivity contribution is 0.293. The lowest BCUT2D eigenvalue weighted by Crippen LogP contribution is -2.36. The van der Waals surface area contributed by atoms with Gasteiger partial charge in [0, 0.05) is 19.6 Å². The highest BCUT2D eigenvalue weighted by atomic mass is 14.9. The van der Waals surface area contributed by atoms with Crippen molar-refractivity contribution in [3.63, 3.8) is 0 Å². The highest BCUT2D eigenvalue weighted by molar-refractivity contribution is 5.22. The van der Waals surface area contributed by atoms with E-state index in [2.05, 4.69) is 17.6 Å². The van der Waals surface area contributed by atoms with Crippen LogP contribution in [0.2, 0.25) is 0 Å². The fourth-order valence-electron chi connectivity index (χ4n) is 2.04. The number of nitrogens with one attached hydrogen (secondary N) is 2. The second-order valence-electron chi connectivity index (χ2n) is 4.75. The first-order valence-electron chi connectivity index (χ1n) is 5.95. The molecule has 2 rings (SSSR count). The van der Waals surface area contributed by atoms with Crippen LogP contribution in [0, 0.1) is 5.92 Å². The molecule has 0 aromatic rings. The molecule has 0 aromatic carbocycles. The van der Waals surface area contributed by atoms with Crippen LogP contribution in [0.15, 0.2) is 11.1 Å². The van der Waals surface area contributed by atoms with Gasteiger partial charge in [0.15, 0.2) is 0 Å². The molecule has 0 bridgehead atoms. The van der Waals surface area contributed by atoms with E-state index in [-0.39, 0.29) is 0 Å². The van der Waals surface area contributed by atoms with Crippen LogP contribution in [-0.2, 0) is 0 Å². The summed E-state index contributed by atoms with van der Waals surface area (Å²) in [5.41, 5.74) is 3.17. The van der Waals surface area contributed by atoms with Gasteiger partial charge >= 0.3 is 0 Å². The molecule has 0 radical (unpaired) electrons. The lowest BCUT2D eigenvalue weighted by Gasteiger charge is -2.26. The Labute approximate surface area is 87.2 Å². The smallest absolute Gasteiger partial charge is 0.0183 e. The minimum atomic E-state index is 1.04. The Bertz CT molecular complexity index is 210. The molecule has 1 heterocycles.